The first-order chi connectivity index (χ1) is 5.65. The third kappa shape index (κ3) is 1.60. The van der Waals surface area contributed by atoms with Gasteiger partial charge >= 0.3 is 0 Å². The van der Waals surface area contributed by atoms with Gasteiger partial charge in [0.25, 0.3) is 5.69 Å². The van der Waals surface area contributed by atoms with Crippen molar-refractivity contribution in [2.45, 2.75) is 0 Å². The van der Waals surface area contributed by atoms with Gasteiger partial charge in [-0.25, -0.2) is 0 Å². The molecule has 0 aliphatic heterocycles. The van der Waals surface area contributed by atoms with Crippen molar-refractivity contribution in [3.05, 3.63) is 38.3 Å². The smallest absolute Gasteiger partial charge is 0.258 e. The first-order valence-corrected chi connectivity index (χ1v) is 3.78. The van der Waals surface area contributed by atoms with E-state index in [0.29, 0.717) is 4.47 Å². The van der Waals surface area contributed by atoms with Gasteiger partial charge in [0.15, 0.2) is 0 Å². The Balaban J connectivity index is 3.25. The van der Waals surface area contributed by atoms with E-state index in [1.165, 1.54) is 18.2 Å². The van der Waals surface area contributed by atoms with Crippen LogP contribution in [0.4, 0.5) is 5.69 Å². The number of non-ortho nitro benzene ring substituents is 1. The fourth-order valence-corrected chi connectivity index (χ4v) is 1.05. The SMILES string of the molecule is N#Cc1cc([N+](=O)[O-])ccc1Br. The maximum absolute atomic E-state index is 10.3. The van der Waals surface area contributed by atoms with E-state index in [4.69, 9.17) is 5.26 Å². The van der Waals surface area contributed by atoms with Crippen LogP contribution in [0.15, 0.2) is 22.7 Å². The summed E-state index contributed by atoms with van der Waals surface area (Å²) < 4.78 is 0.565. The van der Waals surface area contributed by atoms with Crippen LogP contribution in [0, 0.1) is 21.4 Å². The maximum atomic E-state index is 10.3. The monoisotopic (exact) mass is 226 g/mol. The Morgan fingerprint density at radius 3 is 2.75 bits per heavy atom. The van der Waals surface area contributed by atoms with Crippen LogP contribution >= 0.6 is 15.9 Å². The summed E-state index contributed by atoms with van der Waals surface area (Å²) in [5.74, 6) is 0. The third-order valence-electron chi connectivity index (χ3n) is 1.28. The average Bonchev–Trinajstić information content (AvgIpc) is 2.05. The van der Waals surface area contributed by atoms with E-state index in [1.54, 1.807) is 0 Å². The third-order valence-corrected chi connectivity index (χ3v) is 1.97. The van der Waals surface area contributed by atoms with Gasteiger partial charge in [0.1, 0.15) is 6.07 Å². The van der Waals surface area contributed by atoms with E-state index in [2.05, 4.69) is 15.9 Å². The number of nitrogens with zero attached hydrogens (tertiary/aromatic N) is 2. The molecule has 0 radical (unpaired) electrons. The Labute approximate surface area is 76.7 Å². The molecule has 1 aromatic carbocycles. The van der Waals surface area contributed by atoms with Crippen molar-refractivity contribution in [1.29, 1.82) is 5.26 Å². The molecule has 0 unspecified atom stereocenters. The largest absolute Gasteiger partial charge is 0.270 e. The molecule has 60 valence electrons. The maximum Gasteiger partial charge on any atom is 0.270 e. The zero-order valence-electron chi connectivity index (χ0n) is 5.82. The lowest BCUT2D eigenvalue weighted by atomic mass is 10.2. The minimum atomic E-state index is -0.534. The van der Waals surface area contributed by atoms with Crippen LogP contribution in [-0.2, 0) is 0 Å². The summed E-state index contributed by atoms with van der Waals surface area (Å²) in [7, 11) is 0. The fraction of sp³-hybridized carbons (Fsp3) is 0. The van der Waals surface area contributed by atoms with Crippen molar-refractivity contribution in [3.8, 4) is 6.07 Å². The molecule has 0 aliphatic rings. The highest BCUT2D eigenvalue weighted by molar-refractivity contribution is 9.10. The summed E-state index contributed by atoms with van der Waals surface area (Å²) >= 11 is 3.09. The van der Waals surface area contributed by atoms with Crippen molar-refractivity contribution >= 4 is 21.6 Å². The number of nitro benzene ring substituents is 1. The number of rotatable bonds is 1. The Kier molecular flexibility index (Phi) is 2.41. The molecular weight excluding hydrogens is 224 g/mol. The first-order valence-electron chi connectivity index (χ1n) is 2.99. The van der Waals surface area contributed by atoms with Crippen LogP contribution < -0.4 is 0 Å². The second kappa shape index (κ2) is 3.32. The van der Waals surface area contributed by atoms with E-state index in [0.717, 1.165) is 0 Å². The van der Waals surface area contributed by atoms with Gasteiger partial charge in [0.2, 0.25) is 0 Å². The van der Waals surface area contributed by atoms with E-state index < -0.39 is 4.92 Å². The van der Waals surface area contributed by atoms with E-state index >= 15 is 0 Å². The summed E-state index contributed by atoms with van der Waals surface area (Å²) in [6.07, 6.45) is 0. The zero-order chi connectivity index (χ0) is 9.14. The van der Waals surface area contributed by atoms with Gasteiger partial charge in [0.05, 0.1) is 10.5 Å². The predicted molar refractivity (Wildman–Crippen MR) is 45.5 cm³/mol. The Morgan fingerprint density at radius 2 is 2.25 bits per heavy atom. The second-order valence-corrected chi connectivity index (χ2v) is 2.89. The summed E-state index contributed by atoms with van der Waals surface area (Å²) in [5, 5.41) is 18.8. The van der Waals surface area contributed by atoms with Crippen LogP contribution in [0.5, 0.6) is 0 Å². The van der Waals surface area contributed by atoms with Gasteiger partial charge in [-0.2, -0.15) is 5.26 Å². The van der Waals surface area contributed by atoms with Crippen molar-refractivity contribution in [1.82, 2.24) is 0 Å². The van der Waals surface area contributed by atoms with Crippen LogP contribution in [0.1, 0.15) is 5.56 Å². The van der Waals surface area contributed by atoms with Gasteiger partial charge in [0, 0.05) is 16.6 Å². The molecule has 0 bridgehead atoms. The number of benzene rings is 1. The summed E-state index contributed by atoms with van der Waals surface area (Å²) in [5.41, 5.74) is 0.193. The van der Waals surface area contributed by atoms with Gasteiger partial charge in [-0.05, 0) is 22.0 Å². The van der Waals surface area contributed by atoms with Crippen molar-refractivity contribution < 1.29 is 4.92 Å². The average molecular weight is 227 g/mol. The topological polar surface area (TPSA) is 66.9 Å². The summed E-state index contributed by atoms with van der Waals surface area (Å²) in [6, 6.07) is 5.89. The Morgan fingerprint density at radius 1 is 1.58 bits per heavy atom. The summed E-state index contributed by atoms with van der Waals surface area (Å²) in [6.45, 7) is 0. The summed E-state index contributed by atoms with van der Waals surface area (Å²) in [4.78, 5) is 9.73. The highest BCUT2D eigenvalue weighted by Crippen LogP contribution is 2.21. The van der Waals surface area contributed by atoms with Crippen LogP contribution in [0.25, 0.3) is 0 Å². The van der Waals surface area contributed by atoms with Crippen molar-refractivity contribution in [2.24, 2.45) is 0 Å². The minimum Gasteiger partial charge on any atom is -0.258 e. The molecule has 0 heterocycles. The lowest BCUT2D eigenvalue weighted by molar-refractivity contribution is -0.384. The molecule has 5 heteroatoms. The minimum absolute atomic E-state index is 0.0743. The lowest BCUT2D eigenvalue weighted by Crippen LogP contribution is -1.88. The molecule has 0 amide bonds. The quantitative estimate of drug-likeness (QED) is 0.545. The highest BCUT2D eigenvalue weighted by atomic mass is 79.9. The molecule has 1 rings (SSSR count). The van der Waals surface area contributed by atoms with Crippen molar-refractivity contribution in [2.75, 3.05) is 0 Å². The fourth-order valence-electron chi connectivity index (χ4n) is 0.713. The van der Waals surface area contributed by atoms with Crippen LogP contribution in [0.3, 0.4) is 0 Å². The van der Waals surface area contributed by atoms with E-state index in [1.807, 2.05) is 6.07 Å². The highest BCUT2D eigenvalue weighted by Gasteiger charge is 2.07. The van der Waals surface area contributed by atoms with Crippen LogP contribution in [0.2, 0.25) is 0 Å². The van der Waals surface area contributed by atoms with Gasteiger partial charge in [-0.15, -0.1) is 0 Å². The van der Waals surface area contributed by atoms with E-state index in [-0.39, 0.29) is 11.3 Å². The number of hydrogen-bond acceptors (Lipinski definition) is 3. The molecule has 1 aromatic rings. The zero-order valence-corrected chi connectivity index (χ0v) is 7.41. The van der Waals surface area contributed by atoms with Crippen LogP contribution in [-0.4, -0.2) is 4.92 Å². The molecule has 0 aliphatic carbocycles. The molecular formula is C7H3BrN2O2. The Bertz CT molecular complexity index is 370. The molecule has 0 saturated carbocycles. The van der Waals surface area contributed by atoms with Gasteiger partial charge in [-0.3, -0.25) is 10.1 Å². The van der Waals surface area contributed by atoms with Crippen molar-refractivity contribution in [3.63, 3.8) is 0 Å². The van der Waals surface area contributed by atoms with Gasteiger partial charge < -0.3 is 0 Å². The molecule has 0 saturated heterocycles. The molecule has 0 aromatic heterocycles. The molecule has 0 N–H and O–H groups in total. The lowest BCUT2D eigenvalue weighted by Gasteiger charge is -1.93. The number of halogens is 1. The molecule has 4 nitrogen and oxygen atoms in total. The molecule has 0 spiro atoms. The number of nitro groups is 1. The Hall–Kier alpha value is -1.41. The first kappa shape index (κ1) is 8.68. The number of nitriles is 1. The number of hydrogen-bond donors (Lipinski definition) is 0. The molecule has 0 fully saturated rings. The second-order valence-electron chi connectivity index (χ2n) is 2.03. The molecule has 0 atom stereocenters. The standard InChI is InChI=1S/C7H3BrN2O2/c8-7-2-1-6(10(11)12)3-5(7)4-9/h1-3H. The van der Waals surface area contributed by atoms with E-state index in [9.17, 15) is 10.1 Å². The molecule has 12 heavy (non-hydrogen) atoms. The normalized spacial score (nSPS) is 9.00. The van der Waals surface area contributed by atoms with Gasteiger partial charge in [-0.1, -0.05) is 0 Å². The predicted octanol–water partition coefficient (Wildman–Crippen LogP) is 2.23.